The summed E-state index contributed by atoms with van der Waals surface area (Å²) in [4.78, 5) is 9.48. The van der Waals surface area contributed by atoms with E-state index in [1.54, 1.807) is 12.1 Å². The van der Waals surface area contributed by atoms with Crippen LogP contribution >= 0.6 is 0 Å². The van der Waals surface area contributed by atoms with E-state index < -0.39 is 0 Å². The van der Waals surface area contributed by atoms with Crippen LogP contribution in [0.2, 0.25) is 0 Å². The standard InChI is InChI=1S/C29H21N7/c30-13-5-10-23-16-25-28(35(23)21-8-3-6-19(14-21)17-31)34-27-24-11-1-2-12-26(24)36(29(27)33-25)22-9-4-7-20(15-22)18-32/h1-15,29,33H,16,30H2/b13-5-,23-10+. The number of nitrogens with two attached hydrogens (primary N) is 1. The number of fused-ring (bicyclic) bond motifs is 3. The predicted octanol–water partition coefficient (Wildman–Crippen LogP) is 4.74. The van der Waals surface area contributed by atoms with Crippen LogP contribution in [0.4, 0.5) is 17.1 Å². The molecule has 7 nitrogen and oxygen atoms in total. The highest BCUT2D eigenvalue weighted by Crippen LogP contribution is 2.44. The van der Waals surface area contributed by atoms with Crippen LogP contribution in [0.3, 0.4) is 0 Å². The third kappa shape index (κ3) is 3.31. The van der Waals surface area contributed by atoms with Crippen LogP contribution in [0.15, 0.2) is 113 Å². The zero-order chi connectivity index (χ0) is 24.6. The fourth-order valence-corrected chi connectivity index (χ4v) is 5.00. The first-order valence-corrected chi connectivity index (χ1v) is 11.6. The maximum absolute atomic E-state index is 9.47. The highest BCUT2D eigenvalue weighted by atomic mass is 15.4. The van der Waals surface area contributed by atoms with E-state index >= 15 is 0 Å². The lowest BCUT2D eigenvalue weighted by molar-refractivity contribution is 0.692. The molecule has 0 fully saturated rings. The summed E-state index contributed by atoms with van der Waals surface area (Å²) >= 11 is 0. The minimum atomic E-state index is -0.216. The highest BCUT2D eigenvalue weighted by molar-refractivity contribution is 6.16. The molecule has 0 saturated heterocycles. The van der Waals surface area contributed by atoms with Gasteiger partial charge in [0, 0.05) is 29.1 Å². The zero-order valence-electron chi connectivity index (χ0n) is 19.3. The van der Waals surface area contributed by atoms with Crippen molar-refractivity contribution in [1.29, 1.82) is 10.5 Å². The molecule has 7 heteroatoms. The largest absolute Gasteiger partial charge is 0.405 e. The van der Waals surface area contributed by atoms with E-state index in [1.165, 1.54) is 6.20 Å². The predicted molar refractivity (Wildman–Crippen MR) is 140 cm³/mol. The molecule has 3 heterocycles. The second-order valence-electron chi connectivity index (χ2n) is 8.61. The molecule has 0 bridgehead atoms. The monoisotopic (exact) mass is 467 g/mol. The molecular formula is C29H21N7. The van der Waals surface area contributed by atoms with E-state index in [0.29, 0.717) is 17.5 Å². The third-order valence-electron chi connectivity index (χ3n) is 6.51. The van der Waals surface area contributed by atoms with Gasteiger partial charge in [0.2, 0.25) is 0 Å². The second kappa shape index (κ2) is 8.50. The summed E-state index contributed by atoms with van der Waals surface area (Å²) in [5.41, 5.74) is 13.6. The Labute approximate surface area is 209 Å². The van der Waals surface area contributed by atoms with E-state index in [-0.39, 0.29) is 6.17 Å². The van der Waals surface area contributed by atoms with Gasteiger partial charge in [-0.3, -0.25) is 4.90 Å². The van der Waals surface area contributed by atoms with Crippen molar-refractivity contribution < 1.29 is 0 Å². The Bertz CT molecular complexity index is 1600. The molecule has 0 radical (unpaired) electrons. The average molecular weight is 468 g/mol. The van der Waals surface area contributed by atoms with Crippen molar-refractivity contribution in [3.05, 3.63) is 125 Å². The summed E-state index contributed by atoms with van der Waals surface area (Å²) in [6.45, 7) is 0. The van der Waals surface area contributed by atoms with Crippen molar-refractivity contribution in [2.24, 2.45) is 10.7 Å². The number of anilines is 3. The van der Waals surface area contributed by atoms with Gasteiger partial charge in [-0.1, -0.05) is 30.3 Å². The van der Waals surface area contributed by atoms with Gasteiger partial charge in [-0.15, -0.1) is 0 Å². The van der Waals surface area contributed by atoms with Gasteiger partial charge in [-0.05, 0) is 60.8 Å². The van der Waals surface area contributed by atoms with Gasteiger partial charge in [0.15, 0.2) is 5.82 Å². The molecule has 0 saturated carbocycles. The van der Waals surface area contributed by atoms with Crippen molar-refractivity contribution in [1.82, 2.24) is 5.32 Å². The number of para-hydroxylation sites is 1. The van der Waals surface area contributed by atoms with E-state index in [9.17, 15) is 10.5 Å². The molecule has 36 heavy (non-hydrogen) atoms. The first-order valence-electron chi connectivity index (χ1n) is 11.6. The van der Waals surface area contributed by atoms with Crippen molar-refractivity contribution in [3.63, 3.8) is 0 Å². The summed E-state index contributed by atoms with van der Waals surface area (Å²) in [7, 11) is 0. The maximum Gasteiger partial charge on any atom is 0.157 e. The van der Waals surface area contributed by atoms with Crippen LogP contribution in [0.1, 0.15) is 23.1 Å². The summed E-state index contributed by atoms with van der Waals surface area (Å²) < 4.78 is 0. The minimum absolute atomic E-state index is 0.216. The molecule has 0 spiro atoms. The lowest BCUT2D eigenvalue weighted by Gasteiger charge is -2.32. The molecule has 6 rings (SSSR count). The summed E-state index contributed by atoms with van der Waals surface area (Å²) in [6.07, 6.45) is 5.69. The molecule has 0 amide bonds. The third-order valence-corrected chi connectivity index (χ3v) is 6.51. The SMILES string of the molecule is N#Cc1cccc(N2C3=C(C/C2=C\C=C/N)NC2C(=N3)c3ccccc3N2c2cccc(C#N)c2)c1. The minimum Gasteiger partial charge on any atom is -0.405 e. The smallest absolute Gasteiger partial charge is 0.157 e. The Hall–Kier alpha value is -5.27. The molecule has 3 aliphatic rings. The molecule has 1 atom stereocenters. The number of nitrogens with zero attached hydrogens (tertiary/aromatic N) is 5. The van der Waals surface area contributed by atoms with Gasteiger partial charge < -0.3 is 16.0 Å². The molecule has 172 valence electrons. The van der Waals surface area contributed by atoms with Crippen LogP contribution in [0.5, 0.6) is 0 Å². The quantitative estimate of drug-likeness (QED) is 0.577. The van der Waals surface area contributed by atoms with Gasteiger partial charge in [-0.25, -0.2) is 4.99 Å². The van der Waals surface area contributed by atoms with Gasteiger partial charge in [0.25, 0.3) is 0 Å². The number of nitriles is 2. The zero-order valence-corrected chi connectivity index (χ0v) is 19.3. The summed E-state index contributed by atoms with van der Waals surface area (Å²) in [5.74, 6) is 0.801. The van der Waals surface area contributed by atoms with Crippen molar-refractivity contribution in [2.45, 2.75) is 12.6 Å². The number of rotatable bonds is 3. The first-order chi connectivity index (χ1) is 17.7. The Morgan fingerprint density at radius 2 is 1.67 bits per heavy atom. The van der Waals surface area contributed by atoms with Crippen LogP contribution in [0, 0.1) is 22.7 Å². The summed E-state index contributed by atoms with van der Waals surface area (Å²) in [5, 5.41) is 22.7. The Kier molecular flexibility index (Phi) is 5.02. The number of hydrogen-bond acceptors (Lipinski definition) is 7. The number of hydrogen-bond donors (Lipinski definition) is 2. The van der Waals surface area contributed by atoms with Crippen molar-refractivity contribution >= 4 is 22.8 Å². The van der Waals surface area contributed by atoms with E-state index in [2.05, 4.69) is 39.4 Å². The normalized spacial score (nSPS) is 18.9. The lowest BCUT2D eigenvalue weighted by atomic mass is 10.1. The number of benzene rings is 3. The molecule has 3 aromatic carbocycles. The maximum atomic E-state index is 9.47. The molecule has 3 aliphatic heterocycles. The van der Waals surface area contributed by atoms with Crippen molar-refractivity contribution in [3.8, 4) is 12.1 Å². The van der Waals surface area contributed by atoms with Crippen LogP contribution in [-0.4, -0.2) is 11.9 Å². The van der Waals surface area contributed by atoms with Gasteiger partial charge in [0.1, 0.15) is 6.17 Å². The van der Waals surface area contributed by atoms with E-state index in [4.69, 9.17) is 10.7 Å². The molecule has 3 N–H and O–H groups in total. The lowest BCUT2D eigenvalue weighted by Crippen LogP contribution is -2.46. The Balaban J connectivity index is 1.49. The fraction of sp³-hybridized carbons (Fsp3) is 0.0690. The molecule has 1 unspecified atom stereocenters. The van der Waals surface area contributed by atoms with E-state index in [0.717, 1.165) is 45.6 Å². The average Bonchev–Trinajstić information content (AvgIpc) is 3.45. The molecule has 3 aromatic rings. The van der Waals surface area contributed by atoms with Crippen molar-refractivity contribution in [2.75, 3.05) is 9.80 Å². The first kappa shape index (κ1) is 21.3. The Morgan fingerprint density at radius 1 is 0.944 bits per heavy atom. The number of aliphatic imine (C=N–C) groups is 1. The topological polar surface area (TPSA) is 104 Å². The van der Waals surface area contributed by atoms with Crippen LogP contribution < -0.4 is 20.9 Å². The highest BCUT2D eigenvalue weighted by Gasteiger charge is 2.42. The van der Waals surface area contributed by atoms with Gasteiger partial charge in [0.05, 0.1) is 40.4 Å². The van der Waals surface area contributed by atoms with Crippen LogP contribution in [0.25, 0.3) is 0 Å². The number of nitrogens with one attached hydrogen (secondary N) is 1. The van der Waals surface area contributed by atoms with E-state index in [1.807, 2.05) is 60.7 Å². The number of allylic oxidation sites excluding steroid dienone is 2. The van der Waals surface area contributed by atoms with Crippen LogP contribution in [-0.2, 0) is 0 Å². The fourth-order valence-electron chi connectivity index (χ4n) is 5.00. The molecule has 0 aromatic heterocycles. The Morgan fingerprint density at radius 3 is 2.42 bits per heavy atom. The summed E-state index contributed by atoms with van der Waals surface area (Å²) in [6, 6.07) is 27.8. The van der Waals surface area contributed by atoms with Gasteiger partial charge >= 0.3 is 0 Å². The molecule has 0 aliphatic carbocycles. The second-order valence-corrected chi connectivity index (χ2v) is 8.61. The van der Waals surface area contributed by atoms with Gasteiger partial charge in [-0.2, -0.15) is 10.5 Å². The molecular weight excluding hydrogens is 446 g/mol.